The van der Waals surface area contributed by atoms with Crippen LogP contribution in [0.15, 0.2) is 54.6 Å². The molecular weight excluding hydrogens is 338 g/mol. The van der Waals surface area contributed by atoms with E-state index in [4.69, 9.17) is 16.3 Å². The molecule has 0 atom stereocenters. The Bertz CT molecular complexity index is 1260. The van der Waals surface area contributed by atoms with E-state index in [1.54, 1.807) is 18.4 Å². The molecule has 2 nitrogen and oxygen atoms in total. The Labute approximate surface area is 147 Å². The summed E-state index contributed by atoms with van der Waals surface area (Å²) in [6.07, 6.45) is 0. The van der Waals surface area contributed by atoms with Gasteiger partial charge in [0.05, 0.1) is 17.3 Å². The lowest BCUT2D eigenvalue weighted by atomic mass is 10.0. The Morgan fingerprint density at radius 3 is 2.71 bits per heavy atom. The molecule has 2 aromatic heterocycles. The second-order valence-corrected chi connectivity index (χ2v) is 7.16. The molecule has 24 heavy (non-hydrogen) atoms. The van der Waals surface area contributed by atoms with Crippen molar-refractivity contribution < 1.29 is 4.74 Å². The van der Waals surface area contributed by atoms with E-state index >= 15 is 0 Å². The minimum atomic E-state index is 0.552. The molecule has 0 aliphatic heterocycles. The number of rotatable bonds is 1. The fraction of sp³-hybridized carbons (Fsp3) is 0.0500. The summed E-state index contributed by atoms with van der Waals surface area (Å²) in [5.41, 5.74) is 0.861. The molecule has 0 bridgehead atoms. The second-order valence-electron chi connectivity index (χ2n) is 5.75. The Balaban J connectivity index is 2.09. The Morgan fingerprint density at radius 2 is 1.83 bits per heavy atom. The number of hydrogen-bond donors (Lipinski definition) is 0. The van der Waals surface area contributed by atoms with Crippen molar-refractivity contribution >= 4 is 64.8 Å². The van der Waals surface area contributed by atoms with Gasteiger partial charge >= 0.3 is 0 Å². The highest BCUT2D eigenvalue weighted by Gasteiger charge is 2.16. The Kier molecular flexibility index (Phi) is 2.96. The van der Waals surface area contributed by atoms with Crippen LogP contribution in [-0.2, 0) is 0 Å². The number of methoxy groups -OCH3 is 1. The summed E-state index contributed by atoms with van der Waals surface area (Å²) in [6.45, 7) is 0. The first-order chi connectivity index (χ1) is 11.8. The van der Waals surface area contributed by atoms with Gasteiger partial charge in [-0.05, 0) is 29.0 Å². The van der Waals surface area contributed by atoms with Crippen molar-refractivity contribution in [1.29, 1.82) is 0 Å². The number of halogens is 1. The molecule has 0 aliphatic carbocycles. The van der Waals surface area contributed by atoms with Crippen molar-refractivity contribution in [2.45, 2.75) is 0 Å². The van der Waals surface area contributed by atoms with Gasteiger partial charge < -0.3 is 4.74 Å². The topological polar surface area (TPSA) is 22.1 Å². The molecule has 0 saturated heterocycles. The standard InChI is InChI=1S/C20H12ClNOS/c1-23-12-7-8-14-15(10-12)22-20(21)19-18(14)17-13-5-3-2-4-11(13)6-9-16(17)24-19/h2-10H,1H3. The summed E-state index contributed by atoms with van der Waals surface area (Å²) in [6, 6.07) is 18.8. The Morgan fingerprint density at radius 1 is 0.958 bits per heavy atom. The lowest BCUT2D eigenvalue weighted by Gasteiger charge is -2.06. The summed E-state index contributed by atoms with van der Waals surface area (Å²) < 4.78 is 7.61. The largest absolute Gasteiger partial charge is 0.497 e. The van der Waals surface area contributed by atoms with E-state index in [9.17, 15) is 0 Å². The third kappa shape index (κ3) is 1.86. The lowest BCUT2D eigenvalue weighted by molar-refractivity contribution is 0.415. The zero-order valence-corrected chi connectivity index (χ0v) is 14.4. The third-order valence-corrected chi connectivity index (χ3v) is 6.01. The molecule has 2 heterocycles. The van der Waals surface area contributed by atoms with Crippen molar-refractivity contribution in [3.63, 3.8) is 0 Å². The molecule has 0 amide bonds. The molecular formula is C20H12ClNOS. The van der Waals surface area contributed by atoms with Gasteiger partial charge in [-0.1, -0.05) is 41.9 Å². The van der Waals surface area contributed by atoms with Crippen LogP contribution in [0.4, 0.5) is 0 Å². The zero-order chi connectivity index (χ0) is 16.3. The summed E-state index contributed by atoms with van der Waals surface area (Å²) in [4.78, 5) is 4.58. The molecule has 3 aromatic carbocycles. The van der Waals surface area contributed by atoms with Crippen LogP contribution in [0.3, 0.4) is 0 Å². The fourth-order valence-electron chi connectivity index (χ4n) is 3.37. The summed E-state index contributed by atoms with van der Waals surface area (Å²) in [5, 5.41) is 6.59. The fourth-order valence-corrected chi connectivity index (χ4v) is 4.79. The van der Waals surface area contributed by atoms with Gasteiger partial charge in [0, 0.05) is 26.9 Å². The van der Waals surface area contributed by atoms with E-state index in [-0.39, 0.29) is 0 Å². The van der Waals surface area contributed by atoms with Crippen molar-refractivity contribution in [3.05, 3.63) is 59.8 Å². The monoisotopic (exact) mass is 349 g/mol. The molecule has 0 spiro atoms. The maximum Gasteiger partial charge on any atom is 0.147 e. The van der Waals surface area contributed by atoms with Gasteiger partial charge in [-0.15, -0.1) is 11.3 Å². The molecule has 116 valence electrons. The van der Waals surface area contributed by atoms with Gasteiger partial charge in [0.15, 0.2) is 0 Å². The predicted octanol–water partition coefficient (Wildman–Crippen LogP) is 6.42. The number of benzene rings is 3. The normalized spacial score (nSPS) is 11.8. The molecule has 5 aromatic rings. The van der Waals surface area contributed by atoms with Gasteiger partial charge in [0.2, 0.25) is 0 Å². The number of hydrogen-bond acceptors (Lipinski definition) is 3. The van der Waals surface area contributed by atoms with Crippen molar-refractivity contribution in [3.8, 4) is 5.75 Å². The number of fused-ring (bicyclic) bond motifs is 7. The summed E-state index contributed by atoms with van der Waals surface area (Å²) in [5.74, 6) is 0.787. The minimum Gasteiger partial charge on any atom is -0.497 e. The first-order valence-corrected chi connectivity index (χ1v) is 8.83. The number of thiophene rings is 1. The molecule has 0 radical (unpaired) electrons. The van der Waals surface area contributed by atoms with Gasteiger partial charge in [0.25, 0.3) is 0 Å². The van der Waals surface area contributed by atoms with Gasteiger partial charge in [-0.2, -0.15) is 0 Å². The van der Waals surface area contributed by atoms with E-state index in [2.05, 4.69) is 47.4 Å². The molecule has 4 heteroatoms. The highest BCUT2D eigenvalue weighted by Crippen LogP contribution is 2.44. The summed E-state index contributed by atoms with van der Waals surface area (Å²) in [7, 11) is 1.66. The number of pyridine rings is 1. The number of aromatic nitrogens is 1. The SMILES string of the molecule is COc1ccc2c(c1)nc(Cl)c1sc3ccc4ccccc4c3c12. The maximum absolute atomic E-state index is 6.51. The van der Waals surface area contributed by atoms with E-state index in [1.807, 2.05) is 12.1 Å². The van der Waals surface area contributed by atoms with Crippen LogP contribution in [0.5, 0.6) is 5.75 Å². The van der Waals surface area contributed by atoms with Crippen LogP contribution >= 0.6 is 22.9 Å². The van der Waals surface area contributed by atoms with Crippen LogP contribution in [0.1, 0.15) is 0 Å². The van der Waals surface area contributed by atoms with Crippen LogP contribution < -0.4 is 4.74 Å². The summed E-state index contributed by atoms with van der Waals surface area (Å²) >= 11 is 8.21. The van der Waals surface area contributed by atoms with Gasteiger partial charge in [-0.3, -0.25) is 0 Å². The quantitative estimate of drug-likeness (QED) is 0.326. The predicted molar refractivity (Wildman–Crippen MR) is 104 cm³/mol. The Hall–Kier alpha value is -2.36. The third-order valence-electron chi connectivity index (χ3n) is 4.46. The molecule has 0 fully saturated rings. The average Bonchev–Trinajstić information content (AvgIpc) is 3.02. The molecule has 5 rings (SSSR count). The zero-order valence-electron chi connectivity index (χ0n) is 12.8. The lowest BCUT2D eigenvalue weighted by Crippen LogP contribution is -1.86. The van der Waals surface area contributed by atoms with E-state index in [0.717, 1.165) is 21.4 Å². The van der Waals surface area contributed by atoms with Crippen LogP contribution in [-0.4, -0.2) is 12.1 Å². The highest BCUT2D eigenvalue weighted by molar-refractivity contribution is 7.26. The van der Waals surface area contributed by atoms with Gasteiger partial charge in [0.1, 0.15) is 10.9 Å². The maximum atomic E-state index is 6.51. The minimum absolute atomic E-state index is 0.552. The van der Waals surface area contributed by atoms with Crippen molar-refractivity contribution in [2.75, 3.05) is 7.11 Å². The van der Waals surface area contributed by atoms with Crippen LogP contribution in [0.2, 0.25) is 5.15 Å². The first-order valence-electron chi connectivity index (χ1n) is 7.63. The molecule has 0 unspecified atom stereocenters. The average molecular weight is 350 g/mol. The molecule has 0 saturated carbocycles. The second kappa shape index (κ2) is 5.07. The van der Waals surface area contributed by atoms with Crippen molar-refractivity contribution in [1.82, 2.24) is 4.98 Å². The van der Waals surface area contributed by atoms with Gasteiger partial charge in [-0.25, -0.2) is 4.98 Å². The molecule has 0 aliphatic rings. The first kappa shape index (κ1) is 14.0. The van der Waals surface area contributed by atoms with E-state index in [1.165, 1.54) is 26.2 Å². The van der Waals surface area contributed by atoms with Crippen LogP contribution in [0.25, 0.3) is 41.8 Å². The molecule has 0 N–H and O–H groups in total. The highest BCUT2D eigenvalue weighted by atomic mass is 35.5. The number of nitrogens with zero attached hydrogens (tertiary/aromatic N) is 1. The van der Waals surface area contributed by atoms with E-state index < -0.39 is 0 Å². The van der Waals surface area contributed by atoms with Crippen LogP contribution in [0, 0.1) is 0 Å². The smallest absolute Gasteiger partial charge is 0.147 e. The number of ether oxygens (including phenoxy) is 1. The van der Waals surface area contributed by atoms with Crippen molar-refractivity contribution in [2.24, 2.45) is 0 Å². The van der Waals surface area contributed by atoms with E-state index in [0.29, 0.717) is 5.15 Å².